The summed E-state index contributed by atoms with van der Waals surface area (Å²) in [6.45, 7) is 3.94. The topological polar surface area (TPSA) is 52.6 Å². The van der Waals surface area contributed by atoms with Crippen LogP contribution >= 0.6 is 0 Å². The minimum atomic E-state index is -0.387. The number of carbonyl (C=O) groups is 1. The van der Waals surface area contributed by atoms with Crippen molar-refractivity contribution in [3.8, 4) is 0 Å². The molecule has 0 aromatic heterocycles. The van der Waals surface area contributed by atoms with Crippen LogP contribution in [0.1, 0.15) is 24.8 Å². The van der Waals surface area contributed by atoms with Gasteiger partial charge in [-0.05, 0) is 24.0 Å². The fraction of sp³-hybridized carbons (Fsp3) is 0.533. The number of amides is 1. The van der Waals surface area contributed by atoms with Crippen LogP contribution in [0.25, 0.3) is 0 Å². The van der Waals surface area contributed by atoms with Crippen LogP contribution in [0.2, 0.25) is 0 Å². The molecule has 3 rings (SSSR count). The maximum absolute atomic E-state index is 12.6. The molecule has 0 radical (unpaired) electrons. The first-order valence-electron chi connectivity index (χ1n) is 6.96. The van der Waals surface area contributed by atoms with E-state index in [4.69, 9.17) is 0 Å². The predicted octanol–water partition coefficient (Wildman–Crippen LogP) is 1.42. The molecule has 0 aliphatic carbocycles. The molecule has 102 valence electrons. The summed E-state index contributed by atoms with van der Waals surface area (Å²) in [5.74, 6) is 0.332. The summed E-state index contributed by atoms with van der Waals surface area (Å²) in [7, 11) is 0. The van der Waals surface area contributed by atoms with Crippen molar-refractivity contribution >= 4 is 11.6 Å². The fourth-order valence-corrected chi connectivity index (χ4v) is 2.97. The summed E-state index contributed by atoms with van der Waals surface area (Å²) in [6, 6.07) is 7.97. The van der Waals surface area contributed by atoms with Gasteiger partial charge in [0.15, 0.2) is 0 Å². The van der Waals surface area contributed by atoms with Crippen LogP contribution in [0.15, 0.2) is 24.3 Å². The molecular formula is C15H20N2O2. The van der Waals surface area contributed by atoms with E-state index in [1.807, 2.05) is 36.1 Å². The van der Waals surface area contributed by atoms with Crippen molar-refractivity contribution in [2.75, 3.05) is 25.0 Å². The second kappa shape index (κ2) is 4.85. The number of fused-ring (bicyclic) bond motifs is 1. The van der Waals surface area contributed by atoms with Gasteiger partial charge < -0.3 is 15.3 Å². The van der Waals surface area contributed by atoms with Crippen LogP contribution < -0.4 is 5.32 Å². The molecule has 4 heteroatoms. The number of rotatable bonds is 1. The highest BCUT2D eigenvalue weighted by atomic mass is 16.3. The number of benzene rings is 1. The standard InChI is InChI=1S/C15H20N2O2/c1-10-6-7-17(9-14(10)18)15(19)12-8-16-13-5-3-2-4-11(12)13/h2-5,10,12,14,16,18H,6-9H2,1H3. The van der Waals surface area contributed by atoms with E-state index in [1.165, 1.54) is 0 Å². The Hall–Kier alpha value is -1.55. The number of para-hydroxylation sites is 1. The molecule has 3 atom stereocenters. The first-order valence-corrected chi connectivity index (χ1v) is 6.96. The first kappa shape index (κ1) is 12.5. The van der Waals surface area contributed by atoms with Gasteiger partial charge in [0, 0.05) is 25.3 Å². The lowest BCUT2D eigenvalue weighted by atomic mass is 9.93. The van der Waals surface area contributed by atoms with Crippen molar-refractivity contribution < 1.29 is 9.90 Å². The highest BCUT2D eigenvalue weighted by molar-refractivity contribution is 5.88. The molecule has 2 aliphatic heterocycles. The zero-order valence-corrected chi connectivity index (χ0v) is 11.2. The summed E-state index contributed by atoms with van der Waals surface area (Å²) in [5.41, 5.74) is 2.15. The number of carbonyl (C=O) groups excluding carboxylic acids is 1. The zero-order chi connectivity index (χ0) is 13.4. The summed E-state index contributed by atoms with van der Waals surface area (Å²) in [6.07, 6.45) is 0.497. The smallest absolute Gasteiger partial charge is 0.232 e. The molecular weight excluding hydrogens is 240 g/mol. The van der Waals surface area contributed by atoms with E-state index in [0.717, 1.165) is 24.2 Å². The minimum Gasteiger partial charge on any atom is -0.391 e. The van der Waals surface area contributed by atoms with E-state index in [-0.39, 0.29) is 23.8 Å². The van der Waals surface area contributed by atoms with E-state index >= 15 is 0 Å². The number of hydrogen-bond donors (Lipinski definition) is 2. The van der Waals surface area contributed by atoms with Crippen molar-refractivity contribution in [1.82, 2.24) is 4.90 Å². The summed E-state index contributed by atoms with van der Waals surface area (Å²) in [5, 5.41) is 13.2. The number of anilines is 1. The monoisotopic (exact) mass is 260 g/mol. The third-order valence-electron chi connectivity index (χ3n) is 4.36. The number of nitrogens with zero attached hydrogens (tertiary/aromatic N) is 1. The number of aliphatic hydroxyl groups excluding tert-OH is 1. The Balaban J connectivity index is 1.75. The molecule has 4 nitrogen and oxygen atoms in total. The minimum absolute atomic E-state index is 0.100. The highest BCUT2D eigenvalue weighted by Crippen LogP contribution is 2.33. The molecule has 2 heterocycles. The van der Waals surface area contributed by atoms with Gasteiger partial charge in [-0.15, -0.1) is 0 Å². The van der Waals surface area contributed by atoms with E-state index in [9.17, 15) is 9.90 Å². The molecule has 1 saturated heterocycles. The van der Waals surface area contributed by atoms with Crippen LogP contribution in [0, 0.1) is 5.92 Å². The van der Waals surface area contributed by atoms with Crippen molar-refractivity contribution in [3.63, 3.8) is 0 Å². The van der Waals surface area contributed by atoms with Gasteiger partial charge in [0.05, 0.1) is 12.0 Å². The summed E-state index contributed by atoms with van der Waals surface area (Å²) < 4.78 is 0. The first-order chi connectivity index (χ1) is 9.16. The quantitative estimate of drug-likeness (QED) is 0.803. The molecule has 3 unspecified atom stereocenters. The van der Waals surface area contributed by atoms with Crippen LogP contribution in [-0.2, 0) is 4.79 Å². The van der Waals surface area contributed by atoms with E-state index in [2.05, 4.69) is 5.32 Å². The van der Waals surface area contributed by atoms with Crippen LogP contribution in [0.5, 0.6) is 0 Å². The van der Waals surface area contributed by atoms with Gasteiger partial charge in [0.1, 0.15) is 0 Å². The van der Waals surface area contributed by atoms with Crippen molar-refractivity contribution in [3.05, 3.63) is 29.8 Å². The van der Waals surface area contributed by atoms with E-state index in [1.54, 1.807) is 0 Å². The van der Waals surface area contributed by atoms with Crippen molar-refractivity contribution in [2.45, 2.75) is 25.4 Å². The van der Waals surface area contributed by atoms with Crippen LogP contribution in [-0.4, -0.2) is 41.7 Å². The zero-order valence-electron chi connectivity index (χ0n) is 11.2. The summed E-state index contributed by atoms with van der Waals surface area (Å²) in [4.78, 5) is 14.4. The van der Waals surface area contributed by atoms with Gasteiger partial charge >= 0.3 is 0 Å². The van der Waals surface area contributed by atoms with Crippen LogP contribution in [0.3, 0.4) is 0 Å². The fourth-order valence-electron chi connectivity index (χ4n) is 2.97. The Morgan fingerprint density at radius 3 is 3.00 bits per heavy atom. The summed E-state index contributed by atoms with van der Waals surface area (Å²) >= 11 is 0. The van der Waals surface area contributed by atoms with Gasteiger partial charge in [0.2, 0.25) is 5.91 Å². The Kier molecular flexibility index (Phi) is 3.19. The number of nitrogens with one attached hydrogen (secondary N) is 1. The maximum atomic E-state index is 12.6. The Bertz CT molecular complexity index is 489. The second-order valence-corrected chi connectivity index (χ2v) is 5.64. The lowest BCUT2D eigenvalue weighted by Gasteiger charge is -2.35. The molecule has 19 heavy (non-hydrogen) atoms. The number of hydrogen-bond acceptors (Lipinski definition) is 3. The maximum Gasteiger partial charge on any atom is 0.232 e. The number of piperidine rings is 1. The predicted molar refractivity (Wildman–Crippen MR) is 74.0 cm³/mol. The normalized spacial score (nSPS) is 29.8. The molecule has 2 aliphatic rings. The molecule has 2 N–H and O–H groups in total. The molecule has 0 bridgehead atoms. The van der Waals surface area contributed by atoms with Crippen molar-refractivity contribution in [1.29, 1.82) is 0 Å². The van der Waals surface area contributed by atoms with E-state index in [0.29, 0.717) is 13.1 Å². The van der Waals surface area contributed by atoms with Gasteiger partial charge in [-0.2, -0.15) is 0 Å². The lowest BCUT2D eigenvalue weighted by Crippen LogP contribution is -2.47. The molecule has 1 aromatic carbocycles. The van der Waals surface area contributed by atoms with Gasteiger partial charge in [-0.25, -0.2) is 0 Å². The number of aliphatic hydroxyl groups is 1. The van der Waals surface area contributed by atoms with Gasteiger partial charge in [0.25, 0.3) is 0 Å². The molecule has 1 aromatic rings. The lowest BCUT2D eigenvalue weighted by molar-refractivity contribution is -0.136. The third-order valence-corrected chi connectivity index (χ3v) is 4.36. The SMILES string of the molecule is CC1CCN(C(=O)C2CNc3ccccc32)CC1O. The number of β-amino-alcohol motifs (C(OH)–C–C–N with tert-alkyl or cyclic N) is 1. The Morgan fingerprint density at radius 2 is 2.21 bits per heavy atom. The average molecular weight is 260 g/mol. The second-order valence-electron chi connectivity index (χ2n) is 5.64. The number of likely N-dealkylation sites (tertiary alicyclic amines) is 1. The largest absolute Gasteiger partial charge is 0.391 e. The molecule has 1 amide bonds. The molecule has 0 spiro atoms. The highest BCUT2D eigenvalue weighted by Gasteiger charge is 2.34. The molecule has 1 fully saturated rings. The third kappa shape index (κ3) is 2.21. The van der Waals surface area contributed by atoms with Crippen LogP contribution in [0.4, 0.5) is 5.69 Å². The Morgan fingerprint density at radius 1 is 1.42 bits per heavy atom. The van der Waals surface area contributed by atoms with Crippen molar-refractivity contribution in [2.24, 2.45) is 5.92 Å². The van der Waals surface area contributed by atoms with E-state index < -0.39 is 0 Å². The van der Waals surface area contributed by atoms with Gasteiger partial charge in [-0.3, -0.25) is 4.79 Å². The Labute approximate surface area is 113 Å². The van der Waals surface area contributed by atoms with Gasteiger partial charge in [-0.1, -0.05) is 25.1 Å². The average Bonchev–Trinajstić information content (AvgIpc) is 2.85. The molecule has 0 saturated carbocycles.